The quantitative estimate of drug-likeness (QED) is 0.832. The van der Waals surface area contributed by atoms with Crippen LogP contribution in [0.2, 0.25) is 0 Å². The summed E-state index contributed by atoms with van der Waals surface area (Å²) >= 11 is 0. The predicted octanol–water partition coefficient (Wildman–Crippen LogP) is 0.895. The van der Waals surface area contributed by atoms with Gasteiger partial charge in [-0.25, -0.2) is 5.01 Å². The molecule has 20 heavy (non-hydrogen) atoms. The second-order valence-electron chi connectivity index (χ2n) is 4.71. The van der Waals surface area contributed by atoms with Gasteiger partial charge in [0.1, 0.15) is 0 Å². The standard InChI is InChI=1S/C15H19N3O2/c1-13(19)17-9-11-18(12-10-17)16-15(20)8-7-14-5-3-2-4-6-14/h2-8H,9-12H2,1H3,(H,16,20). The van der Waals surface area contributed by atoms with Crippen LogP contribution < -0.4 is 5.43 Å². The molecule has 0 saturated carbocycles. The number of rotatable bonds is 3. The fourth-order valence-corrected chi connectivity index (χ4v) is 2.06. The Bertz CT molecular complexity index is 491. The van der Waals surface area contributed by atoms with Gasteiger partial charge in [-0.3, -0.25) is 15.0 Å². The van der Waals surface area contributed by atoms with Gasteiger partial charge in [-0.05, 0) is 11.6 Å². The smallest absolute Gasteiger partial charge is 0.258 e. The molecule has 1 aromatic carbocycles. The SMILES string of the molecule is CC(=O)N1CCN(NC(=O)C=Cc2ccccc2)CC1. The van der Waals surface area contributed by atoms with Crippen molar-refractivity contribution in [2.75, 3.05) is 26.2 Å². The molecule has 5 nitrogen and oxygen atoms in total. The number of hydrogen-bond donors (Lipinski definition) is 1. The van der Waals surface area contributed by atoms with Crippen LogP contribution in [0.3, 0.4) is 0 Å². The second-order valence-corrected chi connectivity index (χ2v) is 4.71. The van der Waals surface area contributed by atoms with Gasteiger partial charge in [0.15, 0.2) is 0 Å². The van der Waals surface area contributed by atoms with Gasteiger partial charge >= 0.3 is 0 Å². The molecule has 2 amide bonds. The molecular weight excluding hydrogens is 254 g/mol. The zero-order valence-corrected chi connectivity index (χ0v) is 11.6. The Morgan fingerprint density at radius 1 is 1.10 bits per heavy atom. The van der Waals surface area contributed by atoms with Crippen molar-refractivity contribution in [3.8, 4) is 0 Å². The summed E-state index contributed by atoms with van der Waals surface area (Å²) in [6.07, 6.45) is 3.30. The van der Waals surface area contributed by atoms with Crippen LogP contribution in [0.15, 0.2) is 36.4 Å². The minimum Gasteiger partial charge on any atom is -0.340 e. The Morgan fingerprint density at radius 2 is 1.75 bits per heavy atom. The third-order valence-electron chi connectivity index (χ3n) is 3.22. The molecular formula is C15H19N3O2. The number of benzene rings is 1. The summed E-state index contributed by atoms with van der Waals surface area (Å²) in [4.78, 5) is 24.8. The van der Waals surface area contributed by atoms with Crippen molar-refractivity contribution in [2.24, 2.45) is 0 Å². The number of piperazine rings is 1. The fourth-order valence-electron chi connectivity index (χ4n) is 2.06. The summed E-state index contributed by atoms with van der Waals surface area (Å²) in [6.45, 7) is 4.18. The van der Waals surface area contributed by atoms with Crippen molar-refractivity contribution in [2.45, 2.75) is 6.92 Å². The Labute approximate surface area is 118 Å². The molecule has 1 saturated heterocycles. The van der Waals surface area contributed by atoms with Crippen LogP contribution in [0.4, 0.5) is 0 Å². The van der Waals surface area contributed by atoms with Gasteiger partial charge in [0.05, 0.1) is 0 Å². The topological polar surface area (TPSA) is 52.7 Å². The highest BCUT2D eigenvalue weighted by Crippen LogP contribution is 2.02. The Balaban J connectivity index is 1.78. The van der Waals surface area contributed by atoms with Crippen LogP contribution >= 0.6 is 0 Å². The molecule has 5 heteroatoms. The van der Waals surface area contributed by atoms with Gasteiger partial charge in [-0.15, -0.1) is 0 Å². The van der Waals surface area contributed by atoms with Crippen molar-refractivity contribution in [1.82, 2.24) is 15.3 Å². The molecule has 0 radical (unpaired) electrons. The van der Waals surface area contributed by atoms with E-state index in [1.807, 2.05) is 35.3 Å². The normalized spacial score (nSPS) is 16.4. The van der Waals surface area contributed by atoms with Gasteiger partial charge in [-0.1, -0.05) is 30.3 Å². The molecule has 1 N–H and O–H groups in total. The van der Waals surface area contributed by atoms with Crippen molar-refractivity contribution in [3.05, 3.63) is 42.0 Å². The first-order chi connectivity index (χ1) is 9.65. The van der Waals surface area contributed by atoms with Crippen molar-refractivity contribution < 1.29 is 9.59 Å². The van der Waals surface area contributed by atoms with Crippen LogP contribution in [0.1, 0.15) is 12.5 Å². The number of amides is 2. The lowest BCUT2D eigenvalue weighted by molar-refractivity contribution is -0.131. The fraction of sp³-hybridized carbons (Fsp3) is 0.333. The number of nitrogens with zero attached hydrogens (tertiary/aromatic N) is 2. The van der Waals surface area contributed by atoms with Crippen molar-refractivity contribution in [1.29, 1.82) is 0 Å². The maximum absolute atomic E-state index is 11.8. The minimum absolute atomic E-state index is 0.0833. The van der Waals surface area contributed by atoms with E-state index in [0.29, 0.717) is 26.2 Å². The zero-order valence-electron chi connectivity index (χ0n) is 11.6. The van der Waals surface area contributed by atoms with E-state index in [9.17, 15) is 9.59 Å². The molecule has 1 heterocycles. The van der Waals surface area contributed by atoms with Crippen LogP contribution in [0.25, 0.3) is 6.08 Å². The van der Waals surface area contributed by atoms with E-state index in [2.05, 4.69) is 5.43 Å². The van der Waals surface area contributed by atoms with E-state index in [1.54, 1.807) is 17.9 Å². The highest BCUT2D eigenvalue weighted by atomic mass is 16.2. The molecule has 0 spiro atoms. The van der Waals surface area contributed by atoms with Crippen molar-refractivity contribution >= 4 is 17.9 Å². The van der Waals surface area contributed by atoms with Gasteiger partial charge in [-0.2, -0.15) is 0 Å². The van der Waals surface area contributed by atoms with E-state index in [4.69, 9.17) is 0 Å². The maximum Gasteiger partial charge on any atom is 0.258 e. The molecule has 1 aliphatic rings. The van der Waals surface area contributed by atoms with Gasteiger partial charge < -0.3 is 4.90 Å². The summed E-state index contributed by atoms with van der Waals surface area (Å²) in [5.41, 5.74) is 3.81. The highest BCUT2D eigenvalue weighted by molar-refractivity contribution is 5.91. The zero-order chi connectivity index (χ0) is 14.4. The summed E-state index contributed by atoms with van der Waals surface area (Å²) in [5, 5.41) is 1.84. The first-order valence-corrected chi connectivity index (χ1v) is 6.69. The molecule has 0 aromatic heterocycles. The number of hydrogen-bond acceptors (Lipinski definition) is 3. The number of carbonyl (C=O) groups is 2. The summed E-state index contributed by atoms with van der Waals surface area (Å²) in [6, 6.07) is 9.67. The van der Waals surface area contributed by atoms with Crippen LogP contribution in [-0.2, 0) is 9.59 Å². The van der Waals surface area contributed by atoms with Crippen LogP contribution in [-0.4, -0.2) is 47.9 Å². The number of nitrogens with one attached hydrogen (secondary N) is 1. The molecule has 1 fully saturated rings. The first-order valence-electron chi connectivity index (χ1n) is 6.69. The Hall–Kier alpha value is -2.14. The monoisotopic (exact) mass is 273 g/mol. The molecule has 0 aliphatic carbocycles. The maximum atomic E-state index is 11.8. The Morgan fingerprint density at radius 3 is 2.35 bits per heavy atom. The van der Waals surface area contributed by atoms with Gasteiger partial charge in [0.2, 0.25) is 5.91 Å². The third kappa shape index (κ3) is 4.20. The molecule has 0 atom stereocenters. The lowest BCUT2D eigenvalue weighted by Crippen LogP contribution is -2.54. The number of carbonyl (C=O) groups excluding carboxylic acids is 2. The summed E-state index contributed by atoms with van der Waals surface area (Å²) in [5.74, 6) is -0.0647. The number of hydrazine groups is 1. The third-order valence-corrected chi connectivity index (χ3v) is 3.22. The predicted molar refractivity (Wildman–Crippen MR) is 77.4 cm³/mol. The van der Waals surface area contributed by atoms with E-state index in [0.717, 1.165) is 5.56 Å². The largest absolute Gasteiger partial charge is 0.340 e. The van der Waals surface area contributed by atoms with Crippen LogP contribution in [0, 0.1) is 0 Å². The molecule has 0 bridgehead atoms. The highest BCUT2D eigenvalue weighted by Gasteiger charge is 2.18. The van der Waals surface area contributed by atoms with E-state index < -0.39 is 0 Å². The average molecular weight is 273 g/mol. The molecule has 2 rings (SSSR count). The molecule has 1 aromatic rings. The lowest BCUT2D eigenvalue weighted by atomic mass is 10.2. The molecule has 1 aliphatic heterocycles. The first kappa shape index (κ1) is 14.3. The van der Waals surface area contributed by atoms with E-state index in [-0.39, 0.29) is 11.8 Å². The van der Waals surface area contributed by atoms with E-state index >= 15 is 0 Å². The molecule has 106 valence electrons. The average Bonchev–Trinajstić information content (AvgIpc) is 2.47. The second kappa shape index (κ2) is 6.86. The Kier molecular flexibility index (Phi) is 4.90. The molecule has 0 unspecified atom stereocenters. The van der Waals surface area contributed by atoms with E-state index in [1.165, 1.54) is 6.08 Å². The van der Waals surface area contributed by atoms with Gasteiger partial charge in [0, 0.05) is 39.2 Å². The minimum atomic E-state index is -0.148. The van der Waals surface area contributed by atoms with Gasteiger partial charge in [0.25, 0.3) is 5.91 Å². The van der Waals surface area contributed by atoms with Crippen LogP contribution in [0.5, 0.6) is 0 Å². The summed E-state index contributed by atoms with van der Waals surface area (Å²) < 4.78 is 0. The lowest BCUT2D eigenvalue weighted by Gasteiger charge is -2.33. The van der Waals surface area contributed by atoms with Crippen molar-refractivity contribution in [3.63, 3.8) is 0 Å². The summed E-state index contributed by atoms with van der Waals surface area (Å²) in [7, 11) is 0.